The number of hydrogen-bond acceptors (Lipinski definition) is 5. The van der Waals surface area contributed by atoms with E-state index in [4.69, 9.17) is 9.47 Å². The second kappa shape index (κ2) is 55.4. The molecule has 0 aliphatic heterocycles. The molecule has 5 heteroatoms. The molecule has 1 unspecified atom stereocenters. The van der Waals surface area contributed by atoms with Gasteiger partial charge in [-0.15, -0.1) is 0 Å². The predicted octanol–water partition coefficient (Wildman–Crippen LogP) is 18.1. The molecule has 0 spiro atoms. The van der Waals surface area contributed by atoms with Crippen molar-refractivity contribution in [2.45, 2.75) is 225 Å². The van der Waals surface area contributed by atoms with Crippen LogP contribution in [-0.2, 0) is 19.1 Å². The van der Waals surface area contributed by atoms with E-state index in [-0.39, 0.29) is 25.2 Å². The van der Waals surface area contributed by atoms with Crippen molar-refractivity contribution in [2.24, 2.45) is 0 Å². The van der Waals surface area contributed by atoms with Crippen molar-refractivity contribution in [1.29, 1.82) is 0 Å². The highest BCUT2D eigenvalue weighted by molar-refractivity contribution is 5.70. The Kier molecular flexibility index (Phi) is 52.0. The smallest absolute Gasteiger partial charge is 0.306 e. The summed E-state index contributed by atoms with van der Waals surface area (Å²) in [6, 6.07) is 0. The molecule has 0 bridgehead atoms. The highest BCUT2D eigenvalue weighted by Gasteiger charge is 2.16. The van der Waals surface area contributed by atoms with Crippen LogP contribution in [0.1, 0.15) is 219 Å². The Labute approximate surface area is 406 Å². The number of aliphatic hydroxyl groups is 1. The van der Waals surface area contributed by atoms with Gasteiger partial charge in [0, 0.05) is 12.8 Å². The molecular formula is C61H98O5. The van der Waals surface area contributed by atoms with Gasteiger partial charge in [-0.1, -0.05) is 231 Å². The number of ether oxygens (including phenoxy) is 2. The van der Waals surface area contributed by atoms with Crippen molar-refractivity contribution in [3.05, 3.63) is 134 Å². The lowest BCUT2D eigenvalue weighted by Gasteiger charge is -2.15. The molecule has 0 aliphatic rings. The van der Waals surface area contributed by atoms with Crippen LogP contribution in [0.2, 0.25) is 0 Å². The van der Waals surface area contributed by atoms with Crippen LogP contribution in [-0.4, -0.2) is 36.4 Å². The first kappa shape index (κ1) is 62.0. The number of hydrogen-bond donors (Lipinski definition) is 1. The Bertz CT molecular complexity index is 1400. The molecule has 0 aliphatic carbocycles. The number of carbonyl (C=O) groups excluding carboxylic acids is 2. The molecule has 0 heterocycles. The summed E-state index contributed by atoms with van der Waals surface area (Å²) in [4.78, 5) is 24.5. The average molecular weight is 911 g/mol. The van der Waals surface area contributed by atoms with E-state index in [1.165, 1.54) is 64.2 Å². The van der Waals surface area contributed by atoms with E-state index in [2.05, 4.69) is 148 Å². The lowest BCUT2D eigenvalue weighted by atomic mass is 10.0. The summed E-state index contributed by atoms with van der Waals surface area (Å²) in [6.45, 7) is 3.89. The molecule has 66 heavy (non-hydrogen) atoms. The maximum absolute atomic E-state index is 12.3. The maximum Gasteiger partial charge on any atom is 0.306 e. The summed E-state index contributed by atoms with van der Waals surface area (Å²) in [6.07, 6.45) is 82.6. The van der Waals surface area contributed by atoms with E-state index in [9.17, 15) is 14.7 Å². The van der Waals surface area contributed by atoms with Crippen LogP contribution in [0.25, 0.3) is 0 Å². The van der Waals surface area contributed by atoms with Crippen LogP contribution < -0.4 is 0 Å². The molecule has 372 valence electrons. The van der Waals surface area contributed by atoms with Gasteiger partial charge in [-0.2, -0.15) is 0 Å². The molecule has 1 atom stereocenters. The van der Waals surface area contributed by atoms with Crippen molar-refractivity contribution in [3.63, 3.8) is 0 Å². The Hall–Kier alpha value is -3.96. The topological polar surface area (TPSA) is 72.8 Å². The summed E-state index contributed by atoms with van der Waals surface area (Å²) >= 11 is 0. The fourth-order valence-electron chi connectivity index (χ4n) is 7.00. The zero-order valence-corrected chi connectivity index (χ0v) is 42.4. The van der Waals surface area contributed by atoms with Gasteiger partial charge >= 0.3 is 11.9 Å². The van der Waals surface area contributed by atoms with Crippen molar-refractivity contribution in [3.8, 4) is 0 Å². The largest absolute Gasteiger partial charge is 0.462 e. The molecule has 0 aromatic carbocycles. The quantitative estimate of drug-likeness (QED) is 0.0374. The number of esters is 2. The van der Waals surface area contributed by atoms with Gasteiger partial charge in [0.15, 0.2) is 6.10 Å². The summed E-state index contributed by atoms with van der Waals surface area (Å²) < 4.78 is 10.7. The number of carbonyl (C=O) groups is 2. The minimum absolute atomic E-state index is 0.0834. The Morgan fingerprint density at radius 3 is 0.909 bits per heavy atom. The second-order valence-corrected chi connectivity index (χ2v) is 17.2. The zero-order valence-electron chi connectivity index (χ0n) is 42.4. The first-order valence-electron chi connectivity index (χ1n) is 26.7. The van der Waals surface area contributed by atoms with Crippen molar-refractivity contribution in [1.82, 2.24) is 0 Å². The monoisotopic (exact) mass is 911 g/mol. The molecule has 0 fully saturated rings. The van der Waals surface area contributed by atoms with Gasteiger partial charge in [-0.3, -0.25) is 9.59 Å². The predicted molar refractivity (Wildman–Crippen MR) is 288 cm³/mol. The van der Waals surface area contributed by atoms with Gasteiger partial charge in [-0.05, 0) is 109 Å². The van der Waals surface area contributed by atoms with E-state index in [0.29, 0.717) is 12.8 Å². The van der Waals surface area contributed by atoms with Crippen LogP contribution in [0.3, 0.4) is 0 Å². The minimum Gasteiger partial charge on any atom is -0.462 e. The molecule has 0 saturated carbocycles. The zero-order chi connectivity index (χ0) is 47.7. The van der Waals surface area contributed by atoms with E-state index < -0.39 is 6.10 Å². The third kappa shape index (κ3) is 52.7. The highest BCUT2D eigenvalue weighted by atomic mass is 16.6. The molecule has 0 saturated heterocycles. The lowest BCUT2D eigenvalue weighted by molar-refractivity contribution is -0.161. The molecule has 0 amide bonds. The first-order chi connectivity index (χ1) is 32.6. The van der Waals surface area contributed by atoms with Gasteiger partial charge < -0.3 is 14.6 Å². The van der Waals surface area contributed by atoms with Crippen LogP contribution in [0.4, 0.5) is 0 Å². The van der Waals surface area contributed by atoms with E-state index >= 15 is 0 Å². The fraction of sp³-hybridized carbons (Fsp3) is 0.607. The van der Waals surface area contributed by atoms with Gasteiger partial charge in [0.2, 0.25) is 0 Å². The molecule has 0 aromatic rings. The average Bonchev–Trinajstić information content (AvgIpc) is 3.32. The first-order valence-corrected chi connectivity index (χ1v) is 26.7. The summed E-state index contributed by atoms with van der Waals surface area (Å²) in [7, 11) is 0. The molecule has 1 N–H and O–H groups in total. The second-order valence-electron chi connectivity index (χ2n) is 17.2. The number of rotatable bonds is 47. The van der Waals surface area contributed by atoms with Crippen molar-refractivity contribution < 1.29 is 24.2 Å². The van der Waals surface area contributed by atoms with Crippen molar-refractivity contribution >= 4 is 11.9 Å². The van der Waals surface area contributed by atoms with Gasteiger partial charge in [-0.25, -0.2) is 0 Å². The Balaban J connectivity index is 3.60. The standard InChI is InChI=1S/C61H98O5/c1-3-5-7-9-11-13-15-17-19-21-23-25-27-29-30-32-34-36-38-40-42-44-46-48-50-52-54-56-61(64)66-59(57-62)58-65-60(63)55-53-51-49-47-45-43-41-39-37-35-33-31-28-26-24-22-20-18-16-14-12-10-8-6-4-2/h5-8,11-14,17-20,23-26,29-30,34,36,40,42,59,62H,3-4,9-10,15-16,21-22,27-28,31-33,35,37-39,41,43-58H2,1-2H3/b7-5-,8-6-,13-11-,14-12-,19-17-,20-18-,25-23-,26-24-,30-29-,36-34-,42-40-. The van der Waals surface area contributed by atoms with E-state index in [1.807, 2.05) is 0 Å². The Morgan fingerprint density at radius 2 is 0.606 bits per heavy atom. The minimum atomic E-state index is -0.794. The van der Waals surface area contributed by atoms with E-state index in [0.717, 1.165) is 128 Å². The van der Waals surface area contributed by atoms with E-state index in [1.54, 1.807) is 0 Å². The third-order valence-electron chi connectivity index (χ3n) is 10.9. The summed E-state index contributed by atoms with van der Waals surface area (Å²) in [5, 5.41) is 9.64. The lowest BCUT2D eigenvalue weighted by Crippen LogP contribution is -2.28. The van der Waals surface area contributed by atoms with Gasteiger partial charge in [0.05, 0.1) is 6.61 Å². The summed E-state index contributed by atoms with van der Waals surface area (Å²) in [5.74, 6) is -0.623. The normalized spacial score (nSPS) is 13.3. The highest BCUT2D eigenvalue weighted by Crippen LogP contribution is 2.14. The van der Waals surface area contributed by atoms with Gasteiger partial charge in [0.25, 0.3) is 0 Å². The molecule has 0 rings (SSSR count). The SMILES string of the molecule is CC/C=C\C/C=C\C/C=C\C/C=C\C/C=C\C/C=C\C/C=C\CCCCCCCC(=O)OC(CO)COC(=O)CCCCCCCCCCCCCC/C=C\C/C=C\C/C=C\C/C=C\CC. The molecule has 0 radical (unpaired) electrons. The molecule has 0 aromatic heterocycles. The Morgan fingerprint density at radius 1 is 0.348 bits per heavy atom. The molecule has 5 nitrogen and oxygen atoms in total. The van der Waals surface area contributed by atoms with Crippen LogP contribution in [0.5, 0.6) is 0 Å². The fourth-order valence-corrected chi connectivity index (χ4v) is 7.00. The third-order valence-corrected chi connectivity index (χ3v) is 10.9. The number of allylic oxidation sites excluding steroid dienone is 22. The summed E-state index contributed by atoms with van der Waals surface area (Å²) in [5.41, 5.74) is 0. The number of aliphatic hydroxyl groups excluding tert-OH is 1. The maximum atomic E-state index is 12.3. The van der Waals surface area contributed by atoms with Crippen molar-refractivity contribution in [2.75, 3.05) is 13.2 Å². The van der Waals surface area contributed by atoms with Crippen LogP contribution >= 0.6 is 0 Å². The molecular weight excluding hydrogens is 813 g/mol. The number of unbranched alkanes of at least 4 members (excludes halogenated alkanes) is 17. The van der Waals surface area contributed by atoms with Gasteiger partial charge in [0.1, 0.15) is 6.61 Å². The van der Waals surface area contributed by atoms with Crippen LogP contribution in [0.15, 0.2) is 134 Å². The van der Waals surface area contributed by atoms with Crippen LogP contribution in [0, 0.1) is 0 Å².